The van der Waals surface area contributed by atoms with Crippen LogP contribution < -0.4 is 9.80 Å². The molecular weight excluding hydrogens is 749 g/mol. The summed E-state index contributed by atoms with van der Waals surface area (Å²) in [4.78, 5) is 4.99. The molecule has 0 aliphatic heterocycles. The zero-order chi connectivity index (χ0) is 42.8. The van der Waals surface area contributed by atoms with Gasteiger partial charge in [0.15, 0.2) is 0 Å². The van der Waals surface area contributed by atoms with Gasteiger partial charge in [-0.1, -0.05) is 109 Å². The van der Waals surface area contributed by atoms with Crippen LogP contribution in [0.4, 0.5) is 34.1 Å². The number of anilines is 6. The maximum atomic E-state index is 2.49. The summed E-state index contributed by atoms with van der Waals surface area (Å²) in [5, 5.41) is 7.46. The van der Waals surface area contributed by atoms with Crippen molar-refractivity contribution in [1.29, 1.82) is 0 Å². The Hall–Kier alpha value is -7.16. The fourth-order valence-corrected chi connectivity index (χ4v) is 9.35. The standard InChI is InChI=1S/C60H52N2/c1-37-19-23-47(31-41(37)5)61(48-24-20-38(2)42(6)32-48)57-35-55(45-15-11-9-12-16-45)51-28-30-54-58(36-56(46-17-13-10-14-18-46)52-27-29-53(57)59(51)60(52)54)62(49-25-21-39(3)43(7)33-49)50-26-22-40(4)44(8)34-50/h9-36H,1-8H3. The van der Waals surface area contributed by atoms with Crippen LogP contribution >= 0.6 is 0 Å². The van der Waals surface area contributed by atoms with Gasteiger partial charge in [0, 0.05) is 44.3 Å². The van der Waals surface area contributed by atoms with E-state index < -0.39 is 0 Å². The molecule has 10 aromatic rings. The summed E-state index contributed by atoms with van der Waals surface area (Å²) in [5.41, 5.74) is 21.9. The summed E-state index contributed by atoms with van der Waals surface area (Å²) >= 11 is 0. The van der Waals surface area contributed by atoms with E-state index in [1.54, 1.807) is 0 Å². The summed E-state index contributed by atoms with van der Waals surface area (Å²) in [7, 11) is 0. The predicted octanol–water partition coefficient (Wildman–Crippen LogP) is 17.3. The van der Waals surface area contributed by atoms with Gasteiger partial charge in [0.2, 0.25) is 0 Å². The maximum absolute atomic E-state index is 2.49. The third kappa shape index (κ3) is 6.59. The van der Waals surface area contributed by atoms with Gasteiger partial charge in [-0.25, -0.2) is 0 Å². The first kappa shape index (κ1) is 39.0. The Bertz CT molecular complexity index is 3000. The third-order valence-corrected chi connectivity index (χ3v) is 13.5. The number of aryl methyl sites for hydroxylation is 8. The number of nitrogens with zero attached hydrogens (tertiary/aromatic N) is 2. The summed E-state index contributed by atoms with van der Waals surface area (Å²) in [6.45, 7) is 17.7. The Balaban J connectivity index is 1.39. The zero-order valence-electron chi connectivity index (χ0n) is 37.1. The minimum Gasteiger partial charge on any atom is -0.310 e. The first-order valence-corrected chi connectivity index (χ1v) is 21.8. The molecule has 2 heteroatoms. The molecule has 302 valence electrons. The molecule has 0 heterocycles. The highest BCUT2D eigenvalue weighted by Crippen LogP contribution is 2.52. The summed E-state index contributed by atoms with van der Waals surface area (Å²) in [6, 6.07) is 63.9. The Morgan fingerprint density at radius 1 is 0.258 bits per heavy atom. The van der Waals surface area contributed by atoms with Crippen LogP contribution in [0.1, 0.15) is 44.5 Å². The van der Waals surface area contributed by atoms with E-state index >= 15 is 0 Å². The molecule has 10 aromatic carbocycles. The Morgan fingerprint density at radius 2 is 0.548 bits per heavy atom. The van der Waals surface area contributed by atoms with Gasteiger partial charge in [0.25, 0.3) is 0 Å². The second-order valence-corrected chi connectivity index (χ2v) is 17.4. The number of rotatable bonds is 8. The fraction of sp³-hybridized carbons (Fsp3) is 0.133. The van der Waals surface area contributed by atoms with Crippen LogP contribution in [0.25, 0.3) is 54.6 Å². The van der Waals surface area contributed by atoms with Crippen LogP contribution in [0.15, 0.2) is 170 Å². The van der Waals surface area contributed by atoms with E-state index in [4.69, 9.17) is 0 Å². The first-order chi connectivity index (χ1) is 30.0. The van der Waals surface area contributed by atoms with Gasteiger partial charge in [0.1, 0.15) is 0 Å². The van der Waals surface area contributed by atoms with E-state index in [1.807, 2.05) is 0 Å². The average Bonchev–Trinajstić information content (AvgIpc) is 3.28. The monoisotopic (exact) mass is 800 g/mol. The number of benzene rings is 10. The largest absolute Gasteiger partial charge is 0.310 e. The van der Waals surface area contributed by atoms with Crippen molar-refractivity contribution in [2.75, 3.05) is 9.80 Å². The van der Waals surface area contributed by atoms with Crippen molar-refractivity contribution in [3.63, 3.8) is 0 Å². The van der Waals surface area contributed by atoms with Gasteiger partial charge < -0.3 is 9.80 Å². The summed E-state index contributed by atoms with van der Waals surface area (Å²) in [5.74, 6) is 0. The van der Waals surface area contributed by atoms with Gasteiger partial charge in [0.05, 0.1) is 11.4 Å². The van der Waals surface area contributed by atoms with E-state index in [0.29, 0.717) is 0 Å². The van der Waals surface area contributed by atoms with Crippen LogP contribution in [0.3, 0.4) is 0 Å². The van der Waals surface area contributed by atoms with Crippen molar-refractivity contribution < 1.29 is 0 Å². The molecule has 2 nitrogen and oxygen atoms in total. The summed E-state index contributed by atoms with van der Waals surface area (Å²) in [6.07, 6.45) is 0. The van der Waals surface area contributed by atoms with Crippen molar-refractivity contribution in [2.45, 2.75) is 55.4 Å². The quantitative estimate of drug-likeness (QED) is 0.141. The second kappa shape index (κ2) is 15.4. The average molecular weight is 801 g/mol. The molecule has 0 saturated heterocycles. The van der Waals surface area contributed by atoms with Gasteiger partial charge in [-0.3, -0.25) is 0 Å². The van der Waals surface area contributed by atoms with Crippen molar-refractivity contribution >= 4 is 66.4 Å². The molecule has 10 rings (SSSR count). The van der Waals surface area contributed by atoms with Crippen molar-refractivity contribution in [2.24, 2.45) is 0 Å². The molecule has 0 N–H and O–H groups in total. The van der Waals surface area contributed by atoms with E-state index in [2.05, 4.69) is 235 Å². The normalized spacial score (nSPS) is 11.5. The van der Waals surface area contributed by atoms with Gasteiger partial charge in [-0.05, 0) is 194 Å². The number of hydrogen-bond donors (Lipinski definition) is 0. The van der Waals surface area contributed by atoms with E-state index in [0.717, 1.165) is 34.1 Å². The highest BCUT2D eigenvalue weighted by molar-refractivity contribution is 6.32. The highest BCUT2D eigenvalue weighted by Gasteiger charge is 2.26. The molecule has 0 spiro atoms. The van der Waals surface area contributed by atoms with Crippen LogP contribution in [0, 0.1) is 55.4 Å². The van der Waals surface area contributed by atoms with Crippen LogP contribution in [-0.2, 0) is 0 Å². The van der Waals surface area contributed by atoms with E-state index in [9.17, 15) is 0 Å². The lowest BCUT2D eigenvalue weighted by molar-refractivity contribution is 1.24. The van der Waals surface area contributed by atoms with Crippen molar-refractivity contribution in [3.8, 4) is 22.3 Å². The molecule has 0 amide bonds. The van der Waals surface area contributed by atoms with Gasteiger partial charge in [-0.15, -0.1) is 0 Å². The molecule has 0 radical (unpaired) electrons. The van der Waals surface area contributed by atoms with Gasteiger partial charge in [-0.2, -0.15) is 0 Å². The van der Waals surface area contributed by atoms with E-state index in [-0.39, 0.29) is 0 Å². The van der Waals surface area contributed by atoms with Crippen molar-refractivity contribution in [3.05, 3.63) is 214 Å². The van der Waals surface area contributed by atoms with Crippen molar-refractivity contribution in [1.82, 2.24) is 0 Å². The van der Waals surface area contributed by atoms with Crippen LogP contribution in [0.2, 0.25) is 0 Å². The predicted molar refractivity (Wildman–Crippen MR) is 268 cm³/mol. The molecule has 0 saturated carbocycles. The Morgan fingerprint density at radius 3 is 0.839 bits per heavy atom. The smallest absolute Gasteiger partial charge is 0.0546 e. The molecule has 0 aromatic heterocycles. The lowest BCUT2D eigenvalue weighted by Crippen LogP contribution is -2.13. The number of hydrogen-bond acceptors (Lipinski definition) is 2. The molecule has 62 heavy (non-hydrogen) atoms. The maximum Gasteiger partial charge on any atom is 0.0546 e. The van der Waals surface area contributed by atoms with Crippen LogP contribution in [-0.4, -0.2) is 0 Å². The van der Waals surface area contributed by atoms with Gasteiger partial charge >= 0.3 is 0 Å². The third-order valence-electron chi connectivity index (χ3n) is 13.5. The Kier molecular flexibility index (Phi) is 9.68. The fourth-order valence-electron chi connectivity index (χ4n) is 9.35. The topological polar surface area (TPSA) is 6.48 Å². The lowest BCUT2D eigenvalue weighted by Gasteiger charge is -2.31. The van der Waals surface area contributed by atoms with Crippen LogP contribution in [0.5, 0.6) is 0 Å². The molecule has 0 aliphatic carbocycles. The highest BCUT2D eigenvalue weighted by atomic mass is 15.2. The first-order valence-electron chi connectivity index (χ1n) is 21.8. The molecule has 0 fully saturated rings. The minimum atomic E-state index is 1.15. The molecular formula is C60H52N2. The second-order valence-electron chi connectivity index (χ2n) is 17.4. The minimum absolute atomic E-state index is 1.15. The lowest BCUT2D eigenvalue weighted by atomic mass is 9.85. The molecule has 0 unspecified atom stereocenters. The van der Waals surface area contributed by atoms with E-state index in [1.165, 1.54) is 99.1 Å². The molecule has 0 bridgehead atoms. The zero-order valence-corrected chi connectivity index (χ0v) is 37.1. The molecule has 0 atom stereocenters. The summed E-state index contributed by atoms with van der Waals surface area (Å²) < 4.78 is 0. The Labute approximate surface area is 366 Å². The molecule has 0 aliphatic rings. The SMILES string of the molecule is Cc1ccc(N(c2ccc(C)c(C)c2)c2cc(-c3ccccc3)c3ccc4c(N(c5ccc(C)c(C)c5)c5ccc(C)c(C)c5)cc(-c5ccccc5)c5ccc2c3c54)cc1C.